The van der Waals surface area contributed by atoms with Gasteiger partial charge in [0.05, 0.1) is 7.11 Å². The van der Waals surface area contributed by atoms with Gasteiger partial charge in [-0.25, -0.2) is 0 Å². The molecule has 0 bridgehead atoms. The highest BCUT2D eigenvalue weighted by Crippen LogP contribution is 2.30. The Hall–Kier alpha value is -1.06. The van der Waals surface area contributed by atoms with Crippen LogP contribution in [0.15, 0.2) is 24.3 Å². The number of ether oxygens (including phenoxy) is 1. The first kappa shape index (κ1) is 14.4. The van der Waals surface area contributed by atoms with E-state index < -0.39 is 0 Å². The molecule has 3 heteroatoms. The lowest BCUT2D eigenvalue weighted by molar-refractivity contribution is 0.158. The van der Waals surface area contributed by atoms with Crippen molar-refractivity contribution >= 4 is 0 Å². The molecule has 0 amide bonds. The van der Waals surface area contributed by atoms with Crippen LogP contribution in [0.1, 0.15) is 38.3 Å². The third kappa shape index (κ3) is 3.28. The van der Waals surface area contributed by atoms with E-state index in [9.17, 15) is 0 Å². The third-order valence-electron chi connectivity index (χ3n) is 4.34. The van der Waals surface area contributed by atoms with Crippen LogP contribution >= 0.6 is 0 Å². The van der Waals surface area contributed by atoms with Gasteiger partial charge in [-0.15, -0.1) is 0 Å². The molecule has 0 saturated carbocycles. The quantitative estimate of drug-likeness (QED) is 0.883. The van der Waals surface area contributed by atoms with E-state index in [1.165, 1.54) is 24.9 Å². The number of likely N-dealkylation sites (N-methyl/N-ethyl adjacent to an activating group) is 1. The van der Waals surface area contributed by atoms with Crippen LogP contribution in [-0.4, -0.2) is 37.7 Å². The normalized spacial score (nSPS) is 20.4. The van der Waals surface area contributed by atoms with Gasteiger partial charge in [0.1, 0.15) is 5.75 Å². The molecule has 1 atom stereocenters. The number of likely N-dealkylation sites (tertiary alicyclic amines) is 1. The Balaban J connectivity index is 2.07. The van der Waals surface area contributed by atoms with Crippen LogP contribution in [0.2, 0.25) is 0 Å². The van der Waals surface area contributed by atoms with Crippen molar-refractivity contribution in [3.63, 3.8) is 0 Å². The number of nitrogens with one attached hydrogen (secondary N) is 1. The number of hydrogen-bond acceptors (Lipinski definition) is 3. The average Bonchev–Trinajstić information content (AvgIpc) is 2.75. The lowest BCUT2D eigenvalue weighted by Gasteiger charge is -2.34. The molecule has 1 saturated heterocycles. The molecule has 2 rings (SSSR count). The molecule has 0 radical (unpaired) electrons. The van der Waals surface area contributed by atoms with Crippen molar-refractivity contribution in [2.75, 3.05) is 27.2 Å². The van der Waals surface area contributed by atoms with Gasteiger partial charge in [0.15, 0.2) is 0 Å². The minimum atomic E-state index is 0.335. The summed E-state index contributed by atoms with van der Waals surface area (Å²) < 4.78 is 5.22. The Bertz CT molecular complexity index is 400. The molecule has 0 spiro atoms. The summed E-state index contributed by atoms with van der Waals surface area (Å²) in [5.41, 5.74) is 1.66. The molecule has 1 fully saturated rings. The monoisotopic (exact) mass is 262 g/mol. The third-order valence-corrected chi connectivity index (χ3v) is 4.34. The molecule has 1 unspecified atom stereocenters. The second-order valence-corrected chi connectivity index (χ2v) is 5.98. The predicted molar refractivity (Wildman–Crippen MR) is 79.7 cm³/mol. The van der Waals surface area contributed by atoms with Gasteiger partial charge in [0.25, 0.3) is 0 Å². The molecule has 3 nitrogen and oxygen atoms in total. The first-order valence-electron chi connectivity index (χ1n) is 7.13. The van der Waals surface area contributed by atoms with Gasteiger partial charge in [0, 0.05) is 18.1 Å². The SMILES string of the molecule is CNC(CN1CCCC1(C)C)c1ccc(OC)cc1. The maximum Gasteiger partial charge on any atom is 0.118 e. The van der Waals surface area contributed by atoms with E-state index in [1.807, 2.05) is 19.2 Å². The minimum Gasteiger partial charge on any atom is -0.497 e. The van der Waals surface area contributed by atoms with E-state index >= 15 is 0 Å². The molecule has 1 aliphatic rings. The standard InChI is InChI=1S/C16H26N2O/c1-16(2)10-5-11-18(16)12-15(17-3)13-6-8-14(19-4)9-7-13/h6-9,15,17H,5,10-12H2,1-4H3. The molecule has 106 valence electrons. The van der Waals surface area contributed by atoms with Crippen LogP contribution in [0.4, 0.5) is 0 Å². The average molecular weight is 262 g/mol. The van der Waals surface area contributed by atoms with E-state index in [0.717, 1.165) is 12.3 Å². The fourth-order valence-corrected chi connectivity index (χ4v) is 2.92. The molecule has 0 aliphatic carbocycles. The molecule has 1 aromatic carbocycles. The van der Waals surface area contributed by atoms with E-state index in [1.54, 1.807) is 7.11 Å². The largest absolute Gasteiger partial charge is 0.497 e. The topological polar surface area (TPSA) is 24.5 Å². The zero-order valence-electron chi connectivity index (χ0n) is 12.6. The Morgan fingerprint density at radius 1 is 1.32 bits per heavy atom. The molecule has 1 aromatic rings. The second-order valence-electron chi connectivity index (χ2n) is 5.98. The number of nitrogens with zero attached hydrogens (tertiary/aromatic N) is 1. The van der Waals surface area contributed by atoms with Gasteiger partial charge in [-0.05, 0) is 58.0 Å². The van der Waals surface area contributed by atoms with E-state index in [-0.39, 0.29) is 0 Å². The molecular formula is C16H26N2O. The highest BCUT2D eigenvalue weighted by molar-refractivity contribution is 5.29. The molecule has 1 heterocycles. The number of methoxy groups -OCH3 is 1. The molecular weight excluding hydrogens is 236 g/mol. The minimum absolute atomic E-state index is 0.335. The Labute approximate surface area is 116 Å². The Morgan fingerprint density at radius 2 is 2.00 bits per heavy atom. The van der Waals surface area contributed by atoms with Crippen molar-refractivity contribution in [3.8, 4) is 5.75 Å². The number of hydrogen-bond donors (Lipinski definition) is 1. The first-order chi connectivity index (χ1) is 9.06. The van der Waals surface area contributed by atoms with Crippen molar-refractivity contribution in [1.82, 2.24) is 10.2 Å². The first-order valence-corrected chi connectivity index (χ1v) is 7.13. The molecule has 19 heavy (non-hydrogen) atoms. The predicted octanol–water partition coefficient (Wildman–Crippen LogP) is 2.83. The summed E-state index contributed by atoms with van der Waals surface area (Å²) in [5, 5.41) is 3.44. The lowest BCUT2D eigenvalue weighted by atomic mass is 10.00. The van der Waals surface area contributed by atoms with Gasteiger partial charge in [-0.3, -0.25) is 4.90 Å². The van der Waals surface area contributed by atoms with E-state index in [4.69, 9.17) is 4.74 Å². The van der Waals surface area contributed by atoms with Crippen LogP contribution in [0.3, 0.4) is 0 Å². The lowest BCUT2D eigenvalue weighted by Crippen LogP contribution is -2.42. The highest BCUT2D eigenvalue weighted by atomic mass is 16.5. The van der Waals surface area contributed by atoms with Gasteiger partial charge < -0.3 is 10.1 Å². The van der Waals surface area contributed by atoms with E-state index in [0.29, 0.717) is 11.6 Å². The summed E-state index contributed by atoms with van der Waals surface area (Å²) in [4.78, 5) is 2.60. The second kappa shape index (κ2) is 5.93. The molecule has 1 aliphatic heterocycles. The van der Waals surface area contributed by atoms with Crippen LogP contribution in [0.5, 0.6) is 5.75 Å². The van der Waals surface area contributed by atoms with Crippen molar-refractivity contribution in [3.05, 3.63) is 29.8 Å². The van der Waals surface area contributed by atoms with Crippen molar-refractivity contribution in [2.45, 2.75) is 38.3 Å². The van der Waals surface area contributed by atoms with Gasteiger partial charge in [0.2, 0.25) is 0 Å². The highest BCUT2D eigenvalue weighted by Gasteiger charge is 2.33. The van der Waals surface area contributed by atoms with Crippen molar-refractivity contribution in [2.24, 2.45) is 0 Å². The van der Waals surface area contributed by atoms with Gasteiger partial charge >= 0.3 is 0 Å². The van der Waals surface area contributed by atoms with Gasteiger partial charge in [-0.1, -0.05) is 12.1 Å². The van der Waals surface area contributed by atoms with Crippen LogP contribution in [0.25, 0.3) is 0 Å². The van der Waals surface area contributed by atoms with Gasteiger partial charge in [-0.2, -0.15) is 0 Å². The van der Waals surface area contributed by atoms with Crippen LogP contribution in [0, 0.1) is 0 Å². The smallest absolute Gasteiger partial charge is 0.118 e. The summed E-state index contributed by atoms with van der Waals surface area (Å²) in [6, 6.07) is 8.76. The summed E-state index contributed by atoms with van der Waals surface area (Å²) >= 11 is 0. The van der Waals surface area contributed by atoms with Crippen LogP contribution < -0.4 is 10.1 Å². The zero-order valence-corrected chi connectivity index (χ0v) is 12.6. The van der Waals surface area contributed by atoms with Crippen molar-refractivity contribution < 1.29 is 4.74 Å². The molecule has 0 aromatic heterocycles. The van der Waals surface area contributed by atoms with Crippen molar-refractivity contribution in [1.29, 1.82) is 0 Å². The summed E-state index contributed by atoms with van der Waals surface area (Å²) in [7, 11) is 3.75. The van der Waals surface area contributed by atoms with E-state index in [2.05, 4.69) is 36.2 Å². The maximum absolute atomic E-state index is 5.22. The fourth-order valence-electron chi connectivity index (χ4n) is 2.92. The number of rotatable bonds is 5. The number of benzene rings is 1. The molecule has 1 N–H and O–H groups in total. The fraction of sp³-hybridized carbons (Fsp3) is 0.625. The Morgan fingerprint density at radius 3 is 2.47 bits per heavy atom. The maximum atomic E-state index is 5.22. The zero-order chi connectivity index (χ0) is 13.9. The summed E-state index contributed by atoms with van der Waals surface area (Å²) in [6.07, 6.45) is 2.61. The summed E-state index contributed by atoms with van der Waals surface area (Å²) in [6.45, 7) is 6.97. The summed E-state index contributed by atoms with van der Waals surface area (Å²) in [5.74, 6) is 0.917. The Kier molecular flexibility index (Phi) is 4.48. The van der Waals surface area contributed by atoms with Crippen LogP contribution in [-0.2, 0) is 0 Å².